The van der Waals surface area contributed by atoms with E-state index < -0.39 is 5.92 Å². The van der Waals surface area contributed by atoms with Crippen molar-refractivity contribution < 1.29 is 9.59 Å². The molecule has 6 heteroatoms. The van der Waals surface area contributed by atoms with Gasteiger partial charge in [-0.05, 0) is 19.4 Å². The van der Waals surface area contributed by atoms with Crippen LogP contribution in [0.25, 0.3) is 0 Å². The molecule has 0 bridgehead atoms. The lowest BCUT2D eigenvalue weighted by Crippen LogP contribution is -2.51. The second-order valence-electron chi connectivity index (χ2n) is 4.93. The highest BCUT2D eigenvalue weighted by molar-refractivity contribution is 6.00. The molecule has 1 aromatic rings. The highest BCUT2D eigenvalue weighted by Crippen LogP contribution is 2.14. The van der Waals surface area contributed by atoms with E-state index >= 15 is 0 Å². The molecule has 0 N–H and O–H groups in total. The number of piperazine rings is 1. The summed E-state index contributed by atoms with van der Waals surface area (Å²) >= 11 is 0. The zero-order valence-electron chi connectivity index (χ0n) is 12.0. The summed E-state index contributed by atoms with van der Waals surface area (Å²) in [6.45, 7) is 5.98. The molecule has 1 unspecified atom stereocenters. The lowest BCUT2D eigenvalue weighted by Gasteiger charge is -2.35. The highest BCUT2D eigenvalue weighted by atomic mass is 16.2. The zero-order chi connectivity index (χ0) is 14.5. The molecule has 1 saturated heterocycles. The quantitative estimate of drug-likeness (QED) is 0.759. The Balaban J connectivity index is 1.94. The molecule has 0 radical (unpaired) electrons. The molecular formula is C14H20N4O2. The van der Waals surface area contributed by atoms with Crippen molar-refractivity contribution in [2.75, 3.05) is 31.1 Å². The zero-order valence-corrected chi connectivity index (χ0v) is 12.0. The van der Waals surface area contributed by atoms with Gasteiger partial charge in [0.25, 0.3) is 0 Å². The summed E-state index contributed by atoms with van der Waals surface area (Å²) in [6.07, 6.45) is 3.99. The summed E-state index contributed by atoms with van der Waals surface area (Å²) in [6, 6.07) is 1.78. The molecule has 1 amide bonds. The molecular weight excluding hydrogens is 256 g/mol. The molecule has 0 aliphatic carbocycles. The molecule has 1 fully saturated rings. The van der Waals surface area contributed by atoms with E-state index in [0.29, 0.717) is 38.5 Å². The van der Waals surface area contributed by atoms with Crippen LogP contribution in [0.2, 0.25) is 0 Å². The Hall–Kier alpha value is -1.98. The van der Waals surface area contributed by atoms with Crippen molar-refractivity contribution in [1.29, 1.82) is 0 Å². The van der Waals surface area contributed by atoms with E-state index in [1.54, 1.807) is 23.4 Å². The lowest BCUT2D eigenvalue weighted by molar-refractivity contribution is -0.141. The van der Waals surface area contributed by atoms with Gasteiger partial charge in [0.1, 0.15) is 5.78 Å². The normalized spacial score (nSPS) is 16.9. The minimum atomic E-state index is -0.491. The maximum absolute atomic E-state index is 12.3. The summed E-state index contributed by atoms with van der Waals surface area (Å²) < 4.78 is 0. The molecule has 6 nitrogen and oxygen atoms in total. The van der Waals surface area contributed by atoms with Crippen LogP contribution < -0.4 is 4.90 Å². The number of anilines is 1. The van der Waals surface area contributed by atoms with E-state index in [4.69, 9.17) is 0 Å². The van der Waals surface area contributed by atoms with Gasteiger partial charge < -0.3 is 9.80 Å². The average molecular weight is 276 g/mol. The molecule has 0 saturated carbocycles. The van der Waals surface area contributed by atoms with Crippen LogP contribution in [0.15, 0.2) is 18.5 Å². The van der Waals surface area contributed by atoms with Gasteiger partial charge in [0.05, 0.1) is 5.92 Å². The number of carbonyl (C=O) groups excluding carboxylic acids is 2. The third-order valence-electron chi connectivity index (χ3n) is 3.62. The van der Waals surface area contributed by atoms with Crippen LogP contribution >= 0.6 is 0 Å². The first-order chi connectivity index (χ1) is 9.63. The monoisotopic (exact) mass is 276 g/mol. The van der Waals surface area contributed by atoms with Crippen LogP contribution in [0.5, 0.6) is 0 Å². The number of hydrogen-bond donors (Lipinski definition) is 0. The van der Waals surface area contributed by atoms with E-state index in [-0.39, 0.29) is 11.7 Å². The fourth-order valence-electron chi connectivity index (χ4n) is 2.44. The standard InChI is InChI=1S/C14H20N4O2/c1-3-12(11(2)19)13(20)17-7-9-18(10-8-17)14-15-5-4-6-16-14/h4-6,12H,3,7-10H2,1-2H3. The second-order valence-corrected chi connectivity index (χ2v) is 4.93. The first-order valence-electron chi connectivity index (χ1n) is 6.94. The summed E-state index contributed by atoms with van der Waals surface area (Å²) in [4.78, 5) is 36.0. The Morgan fingerprint density at radius 3 is 2.30 bits per heavy atom. The Morgan fingerprint density at radius 1 is 1.20 bits per heavy atom. The second kappa shape index (κ2) is 6.45. The number of hydrogen-bond acceptors (Lipinski definition) is 5. The predicted octanol–water partition coefficient (Wildman–Crippen LogP) is 0.740. The average Bonchev–Trinajstić information content (AvgIpc) is 2.48. The van der Waals surface area contributed by atoms with E-state index in [2.05, 4.69) is 14.9 Å². The minimum Gasteiger partial charge on any atom is -0.339 e. The molecule has 1 aromatic heterocycles. The van der Waals surface area contributed by atoms with Gasteiger partial charge >= 0.3 is 0 Å². The van der Waals surface area contributed by atoms with Crippen LogP contribution in [0.1, 0.15) is 20.3 Å². The van der Waals surface area contributed by atoms with Crippen molar-refractivity contribution in [2.24, 2.45) is 5.92 Å². The van der Waals surface area contributed by atoms with Crippen molar-refractivity contribution in [1.82, 2.24) is 14.9 Å². The molecule has 2 heterocycles. The largest absolute Gasteiger partial charge is 0.339 e. The molecule has 108 valence electrons. The Kier molecular flexibility index (Phi) is 4.65. The SMILES string of the molecule is CCC(C(C)=O)C(=O)N1CCN(c2ncccn2)CC1. The number of amides is 1. The Labute approximate surface area is 118 Å². The van der Waals surface area contributed by atoms with Crippen molar-refractivity contribution in [3.8, 4) is 0 Å². The number of aromatic nitrogens is 2. The molecule has 1 atom stereocenters. The number of ketones is 1. The van der Waals surface area contributed by atoms with Gasteiger partial charge in [-0.25, -0.2) is 9.97 Å². The van der Waals surface area contributed by atoms with Crippen molar-refractivity contribution >= 4 is 17.6 Å². The van der Waals surface area contributed by atoms with E-state index in [1.807, 2.05) is 6.92 Å². The fraction of sp³-hybridized carbons (Fsp3) is 0.571. The molecule has 0 spiro atoms. The number of Topliss-reactive ketones (excluding diaryl/α,β-unsaturated/α-hetero) is 1. The van der Waals surface area contributed by atoms with Crippen molar-refractivity contribution in [3.63, 3.8) is 0 Å². The lowest BCUT2D eigenvalue weighted by atomic mass is 10.00. The van der Waals surface area contributed by atoms with Gasteiger partial charge in [0.2, 0.25) is 11.9 Å². The molecule has 0 aromatic carbocycles. The summed E-state index contributed by atoms with van der Waals surface area (Å²) in [7, 11) is 0. The summed E-state index contributed by atoms with van der Waals surface area (Å²) in [5, 5.41) is 0. The summed E-state index contributed by atoms with van der Waals surface area (Å²) in [5.74, 6) is 0.104. The third-order valence-corrected chi connectivity index (χ3v) is 3.62. The van der Waals surface area contributed by atoms with Crippen LogP contribution in [0.3, 0.4) is 0 Å². The van der Waals surface area contributed by atoms with Gasteiger partial charge in [0, 0.05) is 38.6 Å². The van der Waals surface area contributed by atoms with Crippen molar-refractivity contribution in [3.05, 3.63) is 18.5 Å². The van der Waals surface area contributed by atoms with Gasteiger partial charge in [-0.3, -0.25) is 9.59 Å². The van der Waals surface area contributed by atoms with Crippen molar-refractivity contribution in [2.45, 2.75) is 20.3 Å². The van der Waals surface area contributed by atoms with Gasteiger partial charge in [0.15, 0.2) is 0 Å². The number of rotatable bonds is 4. The van der Waals surface area contributed by atoms with E-state index in [1.165, 1.54) is 6.92 Å². The van der Waals surface area contributed by atoms with E-state index in [0.717, 1.165) is 0 Å². The smallest absolute Gasteiger partial charge is 0.233 e. The maximum Gasteiger partial charge on any atom is 0.233 e. The van der Waals surface area contributed by atoms with Crippen LogP contribution in [0, 0.1) is 5.92 Å². The first-order valence-corrected chi connectivity index (χ1v) is 6.94. The first kappa shape index (κ1) is 14.4. The van der Waals surface area contributed by atoms with Crippen LogP contribution in [-0.4, -0.2) is 52.7 Å². The fourth-order valence-corrected chi connectivity index (χ4v) is 2.44. The van der Waals surface area contributed by atoms with Crippen LogP contribution in [-0.2, 0) is 9.59 Å². The Bertz CT molecular complexity index is 469. The van der Waals surface area contributed by atoms with Gasteiger partial charge in [-0.15, -0.1) is 0 Å². The Morgan fingerprint density at radius 2 is 1.80 bits per heavy atom. The molecule has 20 heavy (non-hydrogen) atoms. The minimum absolute atomic E-state index is 0.0476. The van der Waals surface area contributed by atoms with Crippen LogP contribution in [0.4, 0.5) is 5.95 Å². The van der Waals surface area contributed by atoms with Gasteiger partial charge in [-0.2, -0.15) is 0 Å². The molecule has 2 rings (SSSR count). The highest BCUT2D eigenvalue weighted by Gasteiger charge is 2.29. The topological polar surface area (TPSA) is 66.4 Å². The molecule has 1 aliphatic heterocycles. The maximum atomic E-state index is 12.3. The number of nitrogens with zero attached hydrogens (tertiary/aromatic N) is 4. The van der Waals surface area contributed by atoms with E-state index in [9.17, 15) is 9.59 Å². The third kappa shape index (κ3) is 3.12. The van der Waals surface area contributed by atoms with Gasteiger partial charge in [-0.1, -0.05) is 6.92 Å². The predicted molar refractivity (Wildman–Crippen MR) is 75.3 cm³/mol. The number of carbonyl (C=O) groups is 2. The molecule has 1 aliphatic rings. The summed E-state index contributed by atoms with van der Waals surface area (Å²) in [5.41, 5.74) is 0.